The molecule has 0 fully saturated rings. The lowest BCUT2D eigenvalue weighted by atomic mass is 9.96. The number of pyridine rings is 1. The molecule has 1 atom stereocenters. The predicted molar refractivity (Wildman–Crippen MR) is 96.1 cm³/mol. The molecule has 2 aromatic heterocycles. The van der Waals surface area contributed by atoms with E-state index in [4.69, 9.17) is 0 Å². The Morgan fingerprint density at radius 2 is 2.00 bits per heavy atom. The largest absolute Gasteiger partial charge is 0.355 e. The lowest BCUT2D eigenvalue weighted by molar-refractivity contribution is -0.122. The van der Waals surface area contributed by atoms with Gasteiger partial charge >= 0.3 is 0 Å². The summed E-state index contributed by atoms with van der Waals surface area (Å²) < 4.78 is 2.03. The molecule has 0 saturated heterocycles. The van der Waals surface area contributed by atoms with Gasteiger partial charge in [-0.15, -0.1) is 0 Å². The van der Waals surface area contributed by atoms with E-state index in [9.17, 15) is 4.79 Å². The molecule has 0 bridgehead atoms. The summed E-state index contributed by atoms with van der Waals surface area (Å²) in [6, 6.07) is 14.0. The zero-order valence-electron chi connectivity index (χ0n) is 14.2. The number of hydrogen-bond donors (Lipinski definition) is 1. The number of hydrogen-bond acceptors (Lipinski definition) is 2. The van der Waals surface area contributed by atoms with Crippen molar-refractivity contribution in [3.8, 4) is 0 Å². The number of carbonyl (C=O) groups excluding carboxylic acids is 1. The summed E-state index contributed by atoms with van der Waals surface area (Å²) in [4.78, 5) is 17.1. The molecule has 124 valence electrons. The molecule has 0 saturated carbocycles. The van der Waals surface area contributed by atoms with Gasteiger partial charge in [-0.3, -0.25) is 4.79 Å². The standard InChI is InChI=1S/C20H23N3O/c1-3-18(16-9-5-4-6-10-16)20(24)21-12-11-17-14-23-13-7-8-15(2)19(23)22-17/h4-10,13-14,18H,3,11-12H2,1-2H3,(H,21,24)/t18-/m0/s1. The lowest BCUT2D eigenvalue weighted by Gasteiger charge is -2.15. The van der Waals surface area contributed by atoms with E-state index in [0.29, 0.717) is 6.54 Å². The molecule has 4 heteroatoms. The van der Waals surface area contributed by atoms with Crippen molar-refractivity contribution in [2.45, 2.75) is 32.6 Å². The minimum absolute atomic E-state index is 0.0867. The van der Waals surface area contributed by atoms with Gasteiger partial charge in [0, 0.05) is 25.4 Å². The average molecular weight is 321 g/mol. The molecule has 0 aliphatic heterocycles. The van der Waals surface area contributed by atoms with Crippen LogP contribution in [0.2, 0.25) is 0 Å². The van der Waals surface area contributed by atoms with Gasteiger partial charge in [-0.25, -0.2) is 4.98 Å². The fourth-order valence-corrected chi connectivity index (χ4v) is 3.02. The Kier molecular flexibility index (Phi) is 4.94. The van der Waals surface area contributed by atoms with Gasteiger partial charge in [0.05, 0.1) is 11.6 Å². The van der Waals surface area contributed by atoms with E-state index < -0.39 is 0 Å². The predicted octanol–water partition coefficient (Wildman–Crippen LogP) is 3.50. The molecule has 0 spiro atoms. The second-order valence-corrected chi connectivity index (χ2v) is 6.07. The summed E-state index contributed by atoms with van der Waals surface area (Å²) in [7, 11) is 0. The van der Waals surface area contributed by atoms with Gasteiger partial charge in [0.1, 0.15) is 5.65 Å². The van der Waals surface area contributed by atoms with Crippen LogP contribution in [0.5, 0.6) is 0 Å². The molecular weight excluding hydrogens is 298 g/mol. The quantitative estimate of drug-likeness (QED) is 0.755. The highest BCUT2D eigenvalue weighted by molar-refractivity contribution is 5.83. The third-order valence-electron chi connectivity index (χ3n) is 4.33. The Labute approximate surface area is 142 Å². The first-order valence-electron chi connectivity index (χ1n) is 8.45. The van der Waals surface area contributed by atoms with Gasteiger partial charge in [0.2, 0.25) is 5.91 Å². The smallest absolute Gasteiger partial charge is 0.227 e. The van der Waals surface area contributed by atoms with Crippen LogP contribution in [-0.4, -0.2) is 21.8 Å². The van der Waals surface area contributed by atoms with Crippen LogP contribution in [0.3, 0.4) is 0 Å². The second-order valence-electron chi connectivity index (χ2n) is 6.07. The summed E-state index contributed by atoms with van der Waals surface area (Å²) in [6.07, 6.45) is 5.56. The Morgan fingerprint density at radius 3 is 2.71 bits per heavy atom. The number of aromatic nitrogens is 2. The van der Waals surface area contributed by atoms with Gasteiger partial charge in [0.25, 0.3) is 0 Å². The SMILES string of the molecule is CC[C@H](C(=O)NCCc1cn2cccc(C)c2n1)c1ccccc1. The number of rotatable bonds is 6. The van der Waals surface area contributed by atoms with E-state index in [1.807, 2.05) is 60.1 Å². The third-order valence-corrected chi connectivity index (χ3v) is 4.33. The first kappa shape index (κ1) is 16.2. The molecule has 1 aromatic carbocycles. The van der Waals surface area contributed by atoms with Crippen LogP contribution >= 0.6 is 0 Å². The summed E-state index contributed by atoms with van der Waals surface area (Å²) >= 11 is 0. The van der Waals surface area contributed by atoms with E-state index in [2.05, 4.69) is 23.3 Å². The van der Waals surface area contributed by atoms with Crippen molar-refractivity contribution in [3.63, 3.8) is 0 Å². The molecule has 0 unspecified atom stereocenters. The summed E-state index contributed by atoms with van der Waals surface area (Å²) in [5.74, 6) is -0.00171. The number of benzene rings is 1. The fourth-order valence-electron chi connectivity index (χ4n) is 3.02. The van der Waals surface area contributed by atoms with Crippen molar-refractivity contribution in [2.24, 2.45) is 0 Å². The van der Waals surface area contributed by atoms with E-state index in [-0.39, 0.29) is 11.8 Å². The molecule has 4 nitrogen and oxygen atoms in total. The Hall–Kier alpha value is -2.62. The monoisotopic (exact) mass is 321 g/mol. The summed E-state index contributed by atoms with van der Waals surface area (Å²) in [5.41, 5.74) is 4.20. The van der Waals surface area contributed by atoms with Crippen LogP contribution in [0.4, 0.5) is 0 Å². The van der Waals surface area contributed by atoms with Crippen LogP contribution in [-0.2, 0) is 11.2 Å². The van der Waals surface area contributed by atoms with Crippen LogP contribution in [0.15, 0.2) is 54.9 Å². The van der Waals surface area contributed by atoms with E-state index >= 15 is 0 Å². The zero-order chi connectivity index (χ0) is 16.9. The van der Waals surface area contributed by atoms with Gasteiger partial charge in [-0.2, -0.15) is 0 Å². The molecule has 0 radical (unpaired) electrons. The molecule has 0 aliphatic rings. The third kappa shape index (κ3) is 3.48. The van der Waals surface area contributed by atoms with Crippen LogP contribution in [0.25, 0.3) is 5.65 Å². The molecule has 3 rings (SSSR count). The van der Waals surface area contributed by atoms with Crippen LogP contribution in [0.1, 0.15) is 36.1 Å². The molecule has 1 amide bonds. The van der Waals surface area contributed by atoms with Gasteiger partial charge in [-0.1, -0.05) is 43.3 Å². The maximum Gasteiger partial charge on any atom is 0.227 e. The van der Waals surface area contributed by atoms with Crippen LogP contribution < -0.4 is 5.32 Å². The van der Waals surface area contributed by atoms with E-state index in [1.54, 1.807) is 0 Å². The fraction of sp³-hybridized carbons (Fsp3) is 0.300. The highest BCUT2D eigenvalue weighted by Gasteiger charge is 2.17. The number of nitrogens with zero attached hydrogens (tertiary/aromatic N) is 2. The van der Waals surface area contributed by atoms with Crippen molar-refractivity contribution >= 4 is 11.6 Å². The number of nitrogens with one attached hydrogen (secondary N) is 1. The molecule has 0 aliphatic carbocycles. The van der Waals surface area contributed by atoms with Crippen molar-refractivity contribution in [1.29, 1.82) is 0 Å². The summed E-state index contributed by atoms with van der Waals surface area (Å²) in [6.45, 7) is 4.70. The Balaban J connectivity index is 1.60. The van der Waals surface area contributed by atoms with Gasteiger partial charge in [0.15, 0.2) is 0 Å². The Bertz CT molecular complexity index is 823. The topological polar surface area (TPSA) is 46.4 Å². The molecule has 24 heavy (non-hydrogen) atoms. The highest BCUT2D eigenvalue weighted by atomic mass is 16.1. The van der Waals surface area contributed by atoms with Crippen LogP contribution in [0, 0.1) is 6.92 Å². The number of fused-ring (bicyclic) bond motifs is 1. The molecular formula is C20H23N3O. The highest BCUT2D eigenvalue weighted by Crippen LogP contribution is 2.19. The first-order chi connectivity index (χ1) is 11.7. The van der Waals surface area contributed by atoms with E-state index in [0.717, 1.165) is 35.3 Å². The normalized spacial score (nSPS) is 12.2. The van der Waals surface area contributed by atoms with E-state index in [1.165, 1.54) is 0 Å². The maximum absolute atomic E-state index is 12.5. The number of carbonyl (C=O) groups is 1. The molecule has 1 N–H and O–H groups in total. The number of aryl methyl sites for hydroxylation is 1. The lowest BCUT2D eigenvalue weighted by Crippen LogP contribution is -2.30. The number of imidazole rings is 1. The van der Waals surface area contributed by atoms with Crippen molar-refractivity contribution in [2.75, 3.05) is 6.54 Å². The van der Waals surface area contributed by atoms with Crippen molar-refractivity contribution in [1.82, 2.24) is 14.7 Å². The number of amides is 1. The minimum atomic E-state index is -0.0884. The average Bonchev–Trinajstić information content (AvgIpc) is 3.01. The van der Waals surface area contributed by atoms with Gasteiger partial charge < -0.3 is 9.72 Å². The van der Waals surface area contributed by atoms with Gasteiger partial charge in [-0.05, 0) is 30.5 Å². The zero-order valence-corrected chi connectivity index (χ0v) is 14.2. The van der Waals surface area contributed by atoms with Crippen molar-refractivity contribution in [3.05, 3.63) is 71.7 Å². The second kappa shape index (κ2) is 7.30. The first-order valence-corrected chi connectivity index (χ1v) is 8.45. The maximum atomic E-state index is 12.5. The molecule has 2 heterocycles. The summed E-state index contributed by atoms with van der Waals surface area (Å²) in [5, 5.41) is 3.05. The van der Waals surface area contributed by atoms with Crippen molar-refractivity contribution < 1.29 is 4.79 Å². The Morgan fingerprint density at radius 1 is 1.21 bits per heavy atom. The minimum Gasteiger partial charge on any atom is -0.355 e. The molecule has 3 aromatic rings.